The highest BCUT2D eigenvalue weighted by atomic mass is 16.4. The number of primary amides is 1. The number of carbonyl (C=O) groups is 3. The first-order valence-electron chi connectivity index (χ1n) is 4.96. The molecule has 0 saturated carbocycles. The van der Waals surface area contributed by atoms with Crippen LogP contribution in [0.3, 0.4) is 0 Å². The molecule has 3 amide bonds. The summed E-state index contributed by atoms with van der Waals surface area (Å²) in [6.07, 6.45) is 1.26. The van der Waals surface area contributed by atoms with Crippen molar-refractivity contribution in [1.82, 2.24) is 10.3 Å². The number of nitrogens with one attached hydrogen (secondary N) is 2. The molecule has 0 bridgehead atoms. The minimum atomic E-state index is -1.13. The quantitative estimate of drug-likeness (QED) is 0.587. The highest BCUT2D eigenvalue weighted by molar-refractivity contribution is 5.97. The maximum absolute atomic E-state index is 11.6. The van der Waals surface area contributed by atoms with E-state index in [1.165, 1.54) is 25.3 Å². The second-order valence-electron chi connectivity index (χ2n) is 3.45. The lowest BCUT2D eigenvalue weighted by Gasteiger charge is -2.11. The van der Waals surface area contributed by atoms with Crippen molar-refractivity contribution < 1.29 is 19.5 Å². The van der Waals surface area contributed by atoms with Crippen LogP contribution in [-0.2, 0) is 4.79 Å². The number of pyridine rings is 1. The van der Waals surface area contributed by atoms with E-state index in [1.54, 1.807) is 0 Å². The number of aromatic nitrogens is 1. The molecule has 96 valence electrons. The molecule has 5 N–H and O–H groups in total. The summed E-state index contributed by atoms with van der Waals surface area (Å²) in [5, 5.41) is 13.3. The molecule has 8 heteroatoms. The van der Waals surface area contributed by atoms with Crippen LogP contribution in [0.5, 0.6) is 0 Å². The second-order valence-corrected chi connectivity index (χ2v) is 3.45. The smallest absolute Gasteiger partial charge is 0.335 e. The molecular formula is C10H12N4O4. The highest BCUT2D eigenvalue weighted by Crippen LogP contribution is 2.07. The summed E-state index contributed by atoms with van der Waals surface area (Å²) in [6, 6.07) is 0.822. The first-order valence-corrected chi connectivity index (χ1v) is 4.96. The maximum atomic E-state index is 11.6. The molecule has 1 aromatic rings. The number of hydrogen-bond acceptors (Lipinski definition) is 4. The van der Waals surface area contributed by atoms with E-state index < -0.39 is 23.9 Å². The third-order valence-electron chi connectivity index (χ3n) is 2.01. The van der Waals surface area contributed by atoms with Crippen LogP contribution in [0.15, 0.2) is 18.3 Å². The average Bonchev–Trinajstić information content (AvgIpc) is 2.28. The first kappa shape index (κ1) is 13.4. The van der Waals surface area contributed by atoms with Gasteiger partial charge in [0.15, 0.2) is 0 Å². The van der Waals surface area contributed by atoms with Crippen LogP contribution in [0.25, 0.3) is 0 Å². The normalized spacial score (nSPS) is 11.4. The molecule has 1 rings (SSSR count). The van der Waals surface area contributed by atoms with Crippen molar-refractivity contribution >= 4 is 23.7 Å². The van der Waals surface area contributed by atoms with Gasteiger partial charge in [0.25, 0.3) is 0 Å². The van der Waals surface area contributed by atoms with Crippen LogP contribution in [0.1, 0.15) is 17.3 Å². The van der Waals surface area contributed by atoms with E-state index in [0.29, 0.717) is 0 Å². The number of carbonyl (C=O) groups excluding carboxylic acids is 2. The van der Waals surface area contributed by atoms with Gasteiger partial charge in [-0.1, -0.05) is 0 Å². The van der Waals surface area contributed by atoms with Crippen molar-refractivity contribution in [2.45, 2.75) is 13.0 Å². The molecule has 0 radical (unpaired) electrons. The fraction of sp³-hybridized carbons (Fsp3) is 0.200. The Morgan fingerprint density at radius 2 is 2.11 bits per heavy atom. The van der Waals surface area contributed by atoms with Gasteiger partial charge in [0.1, 0.15) is 11.9 Å². The van der Waals surface area contributed by atoms with Gasteiger partial charge >= 0.3 is 12.0 Å². The summed E-state index contributed by atoms with van der Waals surface area (Å²) in [7, 11) is 0. The monoisotopic (exact) mass is 252 g/mol. The Balaban J connectivity index is 2.72. The van der Waals surface area contributed by atoms with E-state index in [4.69, 9.17) is 10.8 Å². The minimum Gasteiger partial charge on any atom is -0.478 e. The van der Waals surface area contributed by atoms with E-state index in [9.17, 15) is 14.4 Å². The van der Waals surface area contributed by atoms with Gasteiger partial charge in [-0.05, 0) is 19.1 Å². The number of hydrogen-bond donors (Lipinski definition) is 4. The molecule has 1 unspecified atom stereocenters. The van der Waals surface area contributed by atoms with E-state index >= 15 is 0 Å². The van der Waals surface area contributed by atoms with Crippen LogP contribution < -0.4 is 16.4 Å². The Bertz CT molecular complexity index is 489. The number of urea groups is 1. The molecule has 0 spiro atoms. The molecule has 0 saturated heterocycles. The predicted molar refractivity (Wildman–Crippen MR) is 62.0 cm³/mol. The van der Waals surface area contributed by atoms with Gasteiger partial charge in [0.2, 0.25) is 5.91 Å². The number of nitrogens with two attached hydrogens (primary N) is 1. The van der Waals surface area contributed by atoms with Crippen LogP contribution in [-0.4, -0.2) is 34.0 Å². The summed E-state index contributed by atoms with van der Waals surface area (Å²) >= 11 is 0. The molecule has 1 atom stereocenters. The number of anilines is 1. The zero-order valence-electron chi connectivity index (χ0n) is 9.51. The summed E-state index contributed by atoms with van der Waals surface area (Å²) in [4.78, 5) is 36.6. The van der Waals surface area contributed by atoms with Crippen molar-refractivity contribution in [2.75, 3.05) is 5.32 Å². The SMILES string of the molecule is CC(NC(N)=O)C(=O)Nc1cc(C(=O)O)ccn1. The zero-order chi connectivity index (χ0) is 13.7. The third kappa shape index (κ3) is 3.74. The number of carboxylic acid groups (broad SMARTS) is 1. The zero-order valence-corrected chi connectivity index (χ0v) is 9.51. The minimum absolute atomic E-state index is 0.00388. The van der Waals surface area contributed by atoms with E-state index in [2.05, 4.69) is 15.6 Å². The van der Waals surface area contributed by atoms with Gasteiger partial charge < -0.3 is 21.5 Å². The van der Waals surface area contributed by atoms with Gasteiger partial charge in [0, 0.05) is 6.20 Å². The Kier molecular flexibility index (Phi) is 4.19. The fourth-order valence-corrected chi connectivity index (χ4v) is 1.15. The lowest BCUT2D eigenvalue weighted by Crippen LogP contribution is -2.44. The molecule has 1 heterocycles. The van der Waals surface area contributed by atoms with Crippen LogP contribution in [0.2, 0.25) is 0 Å². The summed E-state index contributed by atoms with van der Waals surface area (Å²) in [5.74, 6) is -1.60. The molecule has 0 fully saturated rings. The van der Waals surface area contributed by atoms with Crippen molar-refractivity contribution in [3.05, 3.63) is 23.9 Å². The van der Waals surface area contributed by atoms with E-state index in [1.807, 2.05) is 0 Å². The van der Waals surface area contributed by atoms with Gasteiger partial charge in [-0.3, -0.25) is 4.79 Å². The average molecular weight is 252 g/mol. The molecule has 8 nitrogen and oxygen atoms in total. The number of amides is 3. The topological polar surface area (TPSA) is 134 Å². The van der Waals surface area contributed by atoms with Gasteiger partial charge in [0.05, 0.1) is 5.56 Å². The van der Waals surface area contributed by atoms with Crippen LogP contribution >= 0.6 is 0 Å². The maximum Gasteiger partial charge on any atom is 0.335 e. The van der Waals surface area contributed by atoms with Crippen molar-refractivity contribution in [1.29, 1.82) is 0 Å². The lowest BCUT2D eigenvalue weighted by molar-refractivity contribution is -0.117. The van der Waals surface area contributed by atoms with Gasteiger partial charge in [-0.2, -0.15) is 0 Å². The number of rotatable bonds is 4. The van der Waals surface area contributed by atoms with Crippen LogP contribution in [0, 0.1) is 0 Å². The Morgan fingerprint density at radius 1 is 1.44 bits per heavy atom. The van der Waals surface area contributed by atoms with Crippen molar-refractivity contribution in [2.24, 2.45) is 5.73 Å². The summed E-state index contributed by atoms with van der Waals surface area (Å²) in [6.45, 7) is 1.43. The van der Waals surface area contributed by atoms with E-state index in [0.717, 1.165) is 0 Å². The second kappa shape index (κ2) is 5.62. The molecule has 0 aliphatic rings. The largest absolute Gasteiger partial charge is 0.478 e. The highest BCUT2D eigenvalue weighted by Gasteiger charge is 2.15. The van der Waals surface area contributed by atoms with Crippen molar-refractivity contribution in [3.63, 3.8) is 0 Å². The number of carboxylic acids is 1. The lowest BCUT2D eigenvalue weighted by atomic mass is 10.2. The Morgan fingerprint density at radius 3 is 2.67 bits per heavy atom. The summed E-state index contributed by atoms with van der Waals surface area (Å²) < 4.78 is 0. The molecule has 0 aliphatic heterocycles. The molecule has 0 aromatic carbocycles. The van der Waals surface area contributed by atoms with Gasteiger partial charge in [-0.15, -0.1) is 0 Å². The Labute approximate surface area is 102 Å². The van der Waals surface area contributed by atoms with Gasteiger partial charge in [-0.25, -0.2) is 14.6 Å². The van der Waals surface area contributed by atoms with E-state index in [-0.39, 0.29) is 11.4 Å². The molecular weight excluding hydrogens is 240 g/mol. The molecule has 1 aromatic heterocycles. The van der Waals surface area contributed by atoms with Crippen molar-refractivity contribution in [3.8, 4) is 0 Å². The Hall–Kier alpha value is -2.64. The fourth-order valence-electron chi connectivity index (χ4n) is 1.15. The molecule has 0 aliphatic carbocycles. The third-order valence-corrected chi connectivity index (χ3v) is 2.01. The number of nitrogens with zero attached hydrogens (tertiary/aromatic N) is 1. The standard InChI is InChI=1S/C10H12N4O4/c1-5(13-10(11)18)8(15)14-7-4-6(9(16)17)2-3-12-7/h2-5H,1H3,(H,16,17)(H3,11,13,18)(H,12,14,15). The summed E-state index contributed by atoms with van der Waals surface area (Å²) in [5.41, 5.74) is 4.86. The molecule has 18 heavy (non-hydrogen) atoms. The van der Waals surface area contributed by atoms with Crippen LogP contribution in [0.4, 0.5) is 10.6 Å². The predicted octanol–water partition coefficient (Wildman–Crippen LogP) is -0.225. The number of aromatic carboxylic acids is 1. The first-order chi connectivity index (χ1) is 8.40.